The number of carbonyl (C=O) groups is 1. The number of halogens is 1. The second-order valence-electron chi connectivity index (χ2n) is 6.65. The molecule has 0 saturated carbocycles. The van der Waals surface area contributed by atoms with E-state index in [1.165, 1.54) is 32.1 Å². The molecule has 0 saturated heterocycles. The fourth-order valence-electron chi connectivity index (χ4n) is 2.79. The molecule has 0 heterocycles. The lowest BCUT2D eigenvalue weighted by molar-refractivity contribution is 0.104. The van der Waals surface area contributed by atoms with E-state index in [9.17, 15) is 4.79 Å². The van der Waals surface area contributed by atoms with Crippen LogP contribution in [0.2, 0.25) is 0 Å². The minimum Gasteiger partial charge on any atom is -0.497 e. The molecule has 0 aromatic heterocycles. The standard InChI is InChI=1S/C24H29BrO3/c1-27-22-15-11-21(12-16-22)24(26)17-10-20-8-13-23(14-9-20)28-19-7-5-3-2-4-6-18-25/h8-17H,2-7,18-19H2,1H3. The Hall–Kier alpha value is -2.07. The van der Waals surface area contributed by atoms with Crippen molar-refractivity contribution in [3.8, 4) is 11.5 Å². The molecule has 150 valence electrons. The topological polar surface area (TPSA) is 35.5 Å². The van der Waals surface area contributed by atoms with Gasteiger partial charge in [-0.3, -0.25) is 4.79 Å². The Kier molecular flexibility index (Phi) is 10.4. The van der Waals surface area contributed by atoms with Gasteiger partial charge in [-0.2, -0.15) is 0 Å². The first-order valence-electron chi connectivity index (χ1n) is 9.88. The fraction of sp³-hybridized carbons (Fsp3) is 0.375. The largest absolute Gasteiger partial charge is 0.497 e. The van der Waals surface area contributed by atoms with Crippen molar-refractivity contribution in [1.29, 1.82) is 0 Å². The van der Waals surface area contributed by atoms with E-state index in [-0.39, 0.29) is 5.78 Å². The highest BCUT2D eigenvalue weighted by Gasteiger charge is 2.02. The van der Waals surface area contributed by atoms with Gasteiger partial charge in [-0.25, -0.2) is 0 Å². The Morgan fingerprint density at radius 3 is 2.11 bits per heavy atom. The van der Waals surface area contributed by atoms with Crippen LogP contribution in [0.25, 0.3) is 6.08 Å². The molecule has 2 aromatic carbocycles. The molecular formula is C24H29BrO3. The summed E-state index contributed by atoms with van der Waals surface area (Å²) >= 11 is 3.46. The monoisotopic (exact) mass is 444 g/mol. The summed E-state index contributed by atoms with van der Waals surface area (Å²) in [4.78, 5) is 12.2. The summed E-state index contributed by atoms with van der Waals surface area (Å²) in [7, 11) is 1.61. The van der Waals surface area contributed by atoms with Crippen LogP contribution < -0.4 is 9.47 Å². The molecule has 0 aliphatic carbocycles. The Morgan fingerprint density at radius 2 is 1.46 bits per heavy atom. The Labute approximate surface area is 176 Å². The van der Waals surface area contributed by atoms with Crippen LogP contribution in [-0.4, -0.2) is 24.8 Å². The first kappa shape index (κ1) is 22.2. The first-order chi connectivity index (χ1) is 13.7. The predicted octanol–water partition coefficient (Wildman–Crippen LogP) is 6.71. The van der Waals surface area contributed by atoms with Crippen molar-refractivity contribution < 1.29 is 14.3 Å². The van der Waals surface area contributed by atoms with Gasteiger partial charge in [-0.1, -0.05) is 59.8 Å². The van der Waals surface area contributed by atoms with E-state index in [4.69, 9.17) is 9.47 Å². The van der Waals surface area contributed by atoms with Crippen molar-refractivity contribution in [3.05, 3.63) is 65.7 Å². The second-order valence-corrected chi connectivity index (χ2v) is 7.45. The molecule has 0 aliphatic rings. The average Bonchev–Trinajstić information content (AvgIpc) is 2.75. The SMILES string of the molecule is COc1ccc(C(=O)C=Cc2ccc(OCCCCCCCCBr)cc2)cc1. The van der Waals surface area contributed by atoms with Gasteiger partial charge in [0.15, 0.2) is 5.78 Å². The maximum absolute atomic E-state index is 12.2. The van der Waals surface area contributed by atoms with Gasteiger partial charge >= 0.3 is 0 Å². The highest BCUT2D eigenvalue weighted by Crippen LogP contribution is 2.16. The number of methoxy groups -OCH3 is 1. The van der Waals surface area contributed by atoms with E-state index in [1.807, 2.05) is 30.3 Å². The number of ether oxygens (including phenoxy) is 2. The van der Waals surface area contributed by atoms with E-state index in [1.54, 1.807) is 37.5 Å². The molecule has 0 radical (unpaired) electrons. The average molecular weight is 445 g/mol. The number of rotatable bonds is 13. The molecule has 28 heavy (non-hydrogen) atoms. The third-order valence-corrected chi connectivity index (χ3v) is 5.04. The van der Waals surface area contributed by atoms with Crippen LogP contribution in [0, 0.1) is 0 Å². The van der Waals surface area contributed by atoms with Gasteiger partial charge in [0.2, 0.25) is 0 Å². The zero-order valence-corrected chi connectivity index (χ0v) is 18.1. The van der Waals surface area contributed by atoms with Crippen LogP contribution in [0.1, 0.15) is 54.4 Å². The van der Waals surface area contributed by atoms with Crippen LogP contribution in [0.4, 0.5) is 0 Å². The van der Waals surface area contributed by atoms with Crippen LogP contribution in [0.3, 0.4) is 0 Å². The summed E-state index contributed by atoms with van der Waals surface area (Å²) in [6, 6.07) is 14.9. The molecule has 0 bridgehead atoms. The molecular weight excluding hydrogens is 416 g/mol. The van der Waals surface area contributed by atoms with Gasteiger partial charge in [-0.15, -0.1) is 0 Å². The Morgan fingerprint density at radius 1 is 0.857 bits per heavy atom. The van der Waals surface area contributed by atoms with E-state index in [0.717, 1.165) is 35.4 Å². The molecule has 0 aliphatic heterocycles. The smallest absolute Gasteiger partial charge is 0.185 e. The summed E-state index contributed by atoms with van der Waals surface area (Å²) < 4.78 is 10.9. The molecule has 2 rings (SSSR count). The van der Waals surface area contributed by atoms with E-state index in [2.05, 4.69) is 15.9 Å². The summed E-state index contributed by atoms with van der Waals surface area (Å²) in [5, 5.41) is 1.11. The van der Waals surface area contributed by atoms with Crippen molar-refractivity contribution in [1.82, 2.24) is 0 Å². The molecule has 0 unspecified atom stereocenters. The molecule has 0 spiro atoms. The molecule has 3 nitrogen and oxygen atoms in total. The lowest BCUT2D eigenvalue weighted by Crippen LogP contribution is -1.97. The zero-order valence-electron chi connectivity index (χ0n) is 16.5. The van der Waals surface area contributed by atoms with Crippen LogP contribution in [0.5, 0.6) is 11.5 Å². The van der Waals surface area contributed by atoms with Crippen molar-refractivity contribution >= 4 is 27.8 Å². The highest BCUT2D eigenvalue weighted by molar-refractivity contribution is 9.09. The van der Waals surface area contributed by atoms with E-state index < -0.39 is 0 Å². The predicted molar refractivity (Wildman–Crippen MR) is 120 cm³/mol. The van der Waals surface area contributed by atoms with Gasteiger partial charge < -0.3 is 9.47 Å². The van der Waals surface area contributed by atoms with Gasteiger partial charge in [-0.05, 0) is 60.9 Å². The minimum atomic E-state index is -0.0286. The molecule has 4 heteroatoms. The number of carbonyl (C=O) groups excluding carboxylic acids is 1. The van der Waals surface area contributed by atoms with Gasteiger partial charge in [0, 0.05) is 10.9 Å². The number of alkyl halides is 1. The van der Waals surface area contributed by atoms with E-state index in [0.29, 0.717) is 5.56 Å². The lowest BCUT2D eigenvalue weighted by Gasteiger charge is -2.06. The number of unbranched alkanes of at least 4 members (excludes halogenated alkanes) is 5. The van der Waals surface area contributed by atoms with Crippen LogP contribution in [-0.2, 0) is 0 Å². The summed E-state index contributed by atoms with van der Waals surface area (Å²) in [6.07, 6.45) is 10.9. The van der Waals surface area contributed by atoms with Gasteiger partial charge in [0.05, 0.1) is 13.7 Å². The zero-order chi connectivity index (χ0) is 20.0. The molecule has 0 N–H and O–H groups in total. The van der Waals surface area contributed by atoms with Crippen molar-refractivity contribution in [2.45, 2.75) is 38.5 Å². The number of ketones is 1. The number of benzene rings is 2. The Bertz CT molecular complexity index is 721. The number of hydrogen-bond acceptors (Lipinski definition) is 3. The van der Waals surface area contributed by atoms with Crippen LogP contribution >= 0.6 is 15.9 Å². The molecule has 2 aromatic rings. The quantitative estimate of drug-likeness (QED) is 0.149. The van der Waals surface area contributed by atoms with E-state index >= 15 is 0 Å². The third kappa shape index (κ3) is 8.30. The third-order valence-electron chi connectivity index (χ3n) is 4.48. The normalized spacial score (nSPS) is 10.9. The lowest BCUT2D eigenvalue weighted by atomic mass is 10.1. The molecule has 0 fully saturated rings. The number of hydrogen-bond donors (Lipinski definition) is 0. The summed E-state index contributed by atoms with van der Waals surface area (Å²) in [5.41, 5.74) is 1.62. The van der Waals surface area contributed by atoms with Crippen molar-refractivity contribution in [2.24, 2.45) is 0 Å². The van der Waals surface area contributed by atoms with Crippen molar-refractivity contribution in [2.75, 3.05) is 19.0 Å². The molecule has 0 amide bonds. The molecule has 0 atom stereocenters. The second kappa shape index (κ2) is 13.2. The minimum absolute atomic E-state index is 0.0286. The Balaban J connectivity index is 1.71. The highest BCUT2D eigenvalue weighted by atomic mass is 79.9. The first-order valence-corrected chi connectivity index (χ1v) is 11.0. The van der Waals surface area contributed by atoms with Gasteiger partial charge in [0.1, 0.15) is 11.5 Å². The maximum Gasteiger partial charge on any atom is 0.185 e. The maximum atomic E-state index is 12.2. The fourth-order valence-corrected chi connectivity index (χ4v) is 3.19. The van der Waals surface area contributed by atoms with Crippen LogP contribution in [0.15, 0.2) is 54.6 Å². The summed E-state index contributed by atoms with van der Waals surface area (Å²) in [5.74, 6) is 1.59. The van der Waals surface area contributed by atoms with Crippen molar-refractivity contribution in [3.63, 3.8) is 0 Å². The van der Waals surface area contributed by atoms with Gasteiger partial charge in [0.25, 0.3) is 0 Å². The summed E-state index contributed by atoms with van der Waals surface area (Å²) in [6.45, 7) is 0.754. The number of allylic oxidation sites excluding steroid dienone is 1.